The zero-order chi connectivity index (χ0) is 11.4. The fraction of sp³-hybridized carbons (Fsp3) is 0.583. The van der Waals surface area contributed by atoms with Crippen LogP contribution in [0.15, 0.2) is 18.3 Å². The molecule has 0 aromatic carbocycles. The minimum atomic E-state index is 0.660. The molecule has 4 heteroatoms. The molecule has 3 nitrogen and oxygen atoms in total. The smallest absolute Gasteiger partial charge is 0.128 e. The Labute approximate surface area is 102 Å². The van der Waals surface area contributed by atoms with Crippen molar-refractivity contribution in [2.24, 2.45) is 0 Å². The van der Waals surface area contributed by atoms with Crippen LogP contribution in [-0.2, 0) is 6.54 Å². The molecule has 1 fully saturated rings. The normalized spacial score (nSPS) is 20.0. The number of pyridine rings is 1. The lowest BCUT2D eigenvalue weighted by Gasteiger charge is -2.24. The van der Waals surface area contributed by atoms with Gasteiger partial charge >= 0.3 is 0 Å². The predicted molar refractivity (Wildman–Crippen MR) is 71.1 cm³/mol. The molecule has 1 aromatic heterocycles. The molecule has 1 saturated heterocycles. The lowest BCUT2D eigenvalue weighted by Crippen LogP contribution is -2.31. The maximum Gasteiger partial charge on any atom is 0.128 e. The Balaban J connectivity index is 2.02. The molecule has 1 atom stereocenters. The first kappa shape index (κ1) is 11.7. The molecule has 0 saturated carbocycles. The summed E-state index contributed by atoms with van der Waals surface area (Å²) in [6, 6.07) is 4.93. The number of hydrogen-bond acceptors (Lipinski definition) is 4. The zero-order valence-corrected chi connectivity index (χ0v) is 10.8. The van der Waals surface area contributed by atoms with Crippen LogP contribution in [0.25, 0.3) is 0 Å². The molecular formula is C12H19N3S. The topological polar surface area (TPSA) is 28.2 Å². The van der Waals surface area contributed by atoms with Crippen molar-refractivity contribution in [3.8, 4) is 0 Å². The van der Waals surface area contributed by atoms with Crippen LogP contribution in [0.3, 0.4) is 0 Å². The van der Waals surface area contributed by atoms with Crippen LogP contribution in [0.2, 0.25) is 0 Å². The summed E-state index contributed by atoms with van der Waals surface area (Å²) in [7, 11) is 4.10. The Morgan fingerprint density at radius 2 is 2.44 bits per heavy atom. The average Bonchev–Trinajstić information content (AvgIpc) is 2.83. The summed E-state index contributed by atoms with van der Waals surface area (Å²) in [6.45, 7) is 0.885. The van der Waals surface area contributed by atoms with Crippen molar-refractivity contribution in [1.29, 1.82) is 0 Å². The summed E-state index contributed by atoms with van der Waals surface area (Å²) in [5.74, 6) is 3.61. The van der Waals surface area contributed by atoms with Crippen LogP contribution in [0.4, 0.5) is 5.82 Å². The Bertz CT molecular complexity index is 320. The van der Waals surface area contributed by atoms with Crippen LogP contribution in [0, 0.1) is 0 Å². The van der Waals surface area contributed by atoms with Crippen molar-refractivity contribution in [3.05, 3.63) is 23.9 Å². The van der Waals surface area contributed by atoms with Crippen molar-refractivity contribution in [2.45, 2.75) is 19.0 Å². The quantitative estimate of drug-likeness (QED) is 0.863. The number of rotatable bonds is 4. The molecule has 0 bridgehead atoms. The Kier molecular flexibility index (Phi) is 4.07. The van der Waals surface area contributed by atoms with E-state index in [-0.39, 0.29) is 0 Å². The van der Waals surface area contributed by atoms with Gasteiger partial charge in [0.05, 0.1) is 0 Å². The van der Waals surface area contributed by atoms with Crippen LogP contribution >= 0.6 is 11.8 Å². The van der Waals surface area contributed by atoms with E-state index in [1.54, 1.807) is 0 Å². The number of nitrogens with zero attached hydrogens (tertiary/aromatic N) is 2. The predicted octanol–water partition coefficient (Wildman–Crippen LogP) is 1.74. The van der Waals surface area contributed by atoms with Crippen molar-refractivity contribution in [1.82, 2.24) is 10.3 Å². The lowest BCUT2D eigenvalue weighted by atomic mass is 10.2. The third-order valence-corrected chi connectivity index (χ3v) is 4.15. The molecule has 0 amide bonds. The van der Waals surface area contributed by atoms with Gasteiger partial charge in [-0.1, -0.05) is 6.07 Å². The maximum atomic E-state index is 4.52. The number of anilines is 1. The fourth-order valence-electron chi connectivity index (χ4n) is 1.95. The SMILES string of the molecule is CNCc1ccc(N(C)C2CCSC2)nc1. The number of thioether (sulfide) groups is 1. The first-order chi connectivity index (χ1) is 7.81. The van der Waals surface area contributed by atoms with Crippen molar-refractivity contribution in [3.63, 3.8) is 0 Å². The molecule has 0 aliphatic carbocycles. The van der Waals surface area contributed by atoms with Gasteiger partial charge in [-0.2, -0.15) is 11.8 Å². The summed E-state index contributed by atoms with van der Waals surface area (Å²) in [4.78, 5) is 6.83. The molecule has 2 rings (SSSR count). The van der Waals surface area contributed by atoms with E-state index in [0.717, 1.165) is 12.4 Å². The Morgan fingerprint density at radius 3 is 3.00 bits per heavy atom. The highest BCUT2D eigenvalue weighted by molar-refractivity contribution is 7.99. The van der Waals surface area contributed by atoms with Crippen LogP contribution in [-0.4, -0.2) is 36.6 Å². The molecule has 16 heavy (non-hydrogen) atoms. The van der Waals surface area contributed by atoms with Crippen LogP contribution < -0.4 is 10.2 Å². The minimum Gasteiger partial charge on any atom is -0.356 e. The minimum absolute atomic E-state index is 0.660. The molecule has 0 radical (unpaired) electrons. The van der Waals surface area contributed by atoms with Crippen molar-refractivity contribution < 1.29 is 0 Å². The number of nitrogens with one attached hydrogen (secondary N) is 1. The van der Waals surface area contributed by atoms with E-state index in [4.69, 9.17) is 0 Å². The van der Waals surface area contributed by atoms with Gasteiger partial charge in [0, 0.05) is 31.6 Å². The average molecular weight is 237 g/mol. The third-order valence-electron chi connectivity index (χ3n) is 3.00. The van der Waals surface area contributed by atoms with E-state index >= 15 is 0 Å². The summed E-state index contributed by atoms with van der Waals surface area (Å²) in [5.41, 5.74) is 1.24. The van der Waals surface area contributed by atoms with E-state index in [0.29, 0.717) is 6.04 Å². The fourth-order valence-corrected chi connectivity index (χ4v) is 3.22. The molecule has 0 spiro atoms. The monoisotopic (exact) mass is 237 g/mol. The summed E-state index contributed by atoms with van der Waals surface area (Å²) in [6.07, 6.45) is 3.24. The summed E-state index contributed by atoms with van der Waals surface area (Å²) < 4.78 is 0. The lowest BCUT2D eigenvalue weighted by molar-refractivity contribution is 0.690. The zero-order valence-electron chi connectivity index (χ0n) is 9.94. The first-order valence-electron chi connectivity index (χ1n) is 5.71. The van der Waals surface area contributed by atoms with E-state index in [2.05, 4.69) is 34.4 Å². The molecule has 2 heterocycles. The maximum absolute atomic E-state index is 4.52. The number of hydrogen-bond donors (Lipinski definition) is 1. The first-order valence-corrected chi connectivity index (χ1v) is 6.87. The molecule has 1 aliphatic rings. The second kappa shape index (κ2) is 5.55. The summed E-state index contributed by atoms with van der Waals surface area (Å²) in [5, 5.41) is 3.13. The Hall–Kier alpha value is -0.740. The van der Waals surface area contributed by atoms with Gasteiger partial charge in [-0.15, -0.1) is 0 Å². The van der Waals surface area contributed by atoms with E-state index in [9.17, 15) is 0 Å². The second-order valence-corrected chi connectivity index (χ2v) is 5.33. The van der Waals surface area contributed by atoms with Gasteiger partial charge in [-0.3, -0.25) is 0 Å². The van der Waals surface area contributed by atoms with Gasteiger partial charge in [0.25, 0.3) is 0 Å². The Morgan fingerprint density at radius 1 is 1.56 bits per heavy atom. The van der Waals surface area contributed by atoms with Gasteiger partial charge in [0.2, 0.25) is 0 Å². The summed E-state index contributed by atoms with van der Waals surface area (Å²) >= 11 is 2.04. The van der Waals surface area contributed by atoms with E-state index in [1.807, 2.05) is 25.0 Å². The van der Waals surface area contributed by atoms with E-state index in [1.165, 1.54) is 23.5 Å². The highest BCUT2D eigenvalue weighted by Gasteiger charge is 2.20. The van der Waals surface area contributed by atoms with Crippen molar-refractivity contribution in [2.75, 3.05) is 30.5 Å². The van der Waals surface area contributed by atoms with Gasteiger partial charge in [0.15, 0.2) is 0 Å². The molecule has 1 aliphatic heterocycles. The van der Waals surface area contributed by atoms with Crippen LogP contribution in [0.5, 0.6) is 0 Å². The van der Waals surface area contributed by atoms with Gasteiger partial charge in [-0.05, 0) is 30.9 Å². The van der Waals surface area contributed by atoms with E-state index < -0.39 is 0 Å². The molecule has 88 valence electrons. The van der Waals surface area contributed by atoms with Gasteiger partial charge < -0.3 is 10.2 Å². The van der Waals surface area contributed by atoms with Gasteiger partial charge in [0.1, 0.15) is 5.82 Å². The largest absolute Gasteiger partial charge is 0.356 e. The molecule has 1 N–H and O–H groups in total. The second-order valence-electron chi connectivity index (χ2n) is 4.18. The van der Waals surface area contributed by atoms with Gasteiger partial charge in [-0.25, -0.2) is 4.98 Å². The standard InChI is InChI=1S/C12H19N3S/c1-13-7-10-3-4-12(14-8-10)15(2)11-5-6-16-9-11/h3-4,8,11,13H,5-7,9H2,1-2H3. The highest BCUT2D eigenvalue weighted by atomic mass is 32.2. The molecular weight excluding hydrogens is 218 g/mol. The molecule has 1 aromatic rings. The van der Waals surface area contributed by atoms with Crippen molar-refractivity contribution >= 4 is 17.6 Å². The number of aromatic nitrogens is 1. The van der Waals surface area contributed by atoms with Crippen LogP contribution in [0.1, 0.15) is 12.0 Å². The molecule has 1 unspecified atom stereocenters. The third kappa shape index (κ3) is 2.68. The highest BCUT2D eigenvalue weighted by Crippen LogP contribution is 2.24.